The summed E-state index contributed by atoms with van der Waals surface area (Å²) in [6, 6.07) is 12.2. The van der Waals surface area contributed by atoms with Crippen LogP contribution in [-0.4, -0.2) is 60.1 Å². The number of carbonyl (C=O) groups is 2. The molecule has 2 heterocycles. The number of carbonyl (C=O) groups excluding carboxylic acids is 2. The minimum Gasteiger partial charge on any atom is -0.465 e. The summed E-state index contributed by atoms with van der Waals surface area (Å²) in [5.74, 6) is -0.841. The second-order valence-electron chi connectivity index (χ2n) is 6.66. The topological polar surface area (TPSA) is 98.6 Å². The summed E-state index contributed by atoms with van der Waals surface area (Å²) in [6.07, 6.45) is 3.02. The third-order valence-corrected chi connectivity index (χ3v) is 4.85. The standard InChI is InChI=1S/C21H21N5O4/c1-29-21(28)18-12-17(25-8-10-30-11-9-25)6-7-19(18)24-20(27)15-2-4-16(5-3-15)26-14-22-13-23-26/h2-7,12-14H,8-11H2,1H3,(H,24,27). The Hall–Kier alpha value is -3.72. The summed E-state index contributed by atoms with van der Waals surface area (Å²) in [4.78, 5) is 31.1. The Morgan fingerprint density at radius 3 is 2.47 bits per heavy atom. The first-order valence-electron chi connectivity index (χ1n) is 9.47. The average Bonchev–Trinajstić information content (AvgIpc) is 3.34. The Balaban J connectivity index is 1.55. The van der Waals surface area contributed by atoms with Crippen LogP contribution in [0.2, 0.25) is 0 Å². The summed E-state index contributed by atoms with van der Waals surface area (Å²) < 4.78 is 11.9. The van der Waals surface area contributed by atoms with E-state index in [2.05, 4.69) is 20.3 Å². The number of methoxy groups -OCH3 is 1. The van der Waals surface area contributed by atoms with Crippen LogP contribution in [0.3, 0.4) is 0 Å². The van der Waals surface area contributed by atoms with Crippen LogP contribution in [0, 0.1) is 0 Å². The third-order valence-electron chi connectivity index (χ3n) is 4.85. The summed E-state index contributed by atoms with van der Waals surface area (Å²) >= 11 is 0. The predicted molar refractivity (Wildman–Crippen MR) is 110 cm³/mol. The first-order chi connectivity index (χ1) is 14.7. The molecule has 1 saturated heterocycles. The summed E-state index contributed by atoms with van der Waals surface area (Å²) in [5.41, 5.74) is 2.81. The molecule has 9 heteroatoms. The van der Waals surface area contributed by atoms with E-state index in [0.717, 1.165) is 24.5 Å². The molecular formula is C21H21N5O4. The zero-order valence-electron chi connectivity index (χ0n) is 16.4. The number of hydrogen-bond acceptors (Lipinski definition) is 7. The Morgan fingerprint density at radius 1 is 1.07 bits per heavy atom. The second-order valence-corrected chi connectivity index (χ2v) is 6.66. The van der Waals surface area contributed by atoms with Crippen molar-refractivity contribution in [3.05, 3.63) is 66.2 Å². The van der Waals surface area contributed by atoms with Crippen LogP contribution in [-0.2, 0) is 9.47 Å². The normalized spacial score (nSPS) is 13.7. The quantitative estimate of drug-likeness (QED) is 0.647. The molecule has 9 nitrogen and oxygen atoms in total. The first kappa shape index (κ1) is 19.6. The van der Waals surface area contributed by atoms with Gasteiger partial charge in [0, 0.05) is 24.3 Å². The van der Waals surface area contributed by atoms with E-state index in [4.69, 9.17) is 9.47 Å². The van der Waals surface area contributed by atoms with Crippen LogP contribution < -0.4 is 10.2 Å². The van der Waals surface area contributed by atoms with Gasteiger partial charge >= 0.3 is 5.97 Å². The summed E-state index contributed by atoms with van der Waals surface area (Å²) in [6.45, 7) is 2.75. The number of benzene rings is 2. The molecule has 1 aromatic heterocycles. The van der Waals surface area contributed by atoms with Gasteiger partial charge in [-0.1, -0.05) is 0 Å². The molecule has 0 radical (unpaired) electrons. The molecule has 1 aliphatic rings. The van der Waals surface area contributed by atoms with Crippen molar-refractivity contribution in [2.24, 2.45) is 0 Å². The van der Waals surface area contributed by atoms with Crippen LogP contribution in [0.5, 0.6) is 0 Å². The smallest absolute Gasteiger partial charge is 0.340 e. The minimum atomic E-state index is -0.512. The lowest BCUT2D eigenvalue weighted by atomic mass is 10.1. The molecule has 4 rings (SSSR count). The lowest BCUT2D eigenvalue weighted by Gasteiger charge is -2.29. The number of ether oxygens (including phenoxy) is 2. The van der Waals surface area contributed by atoms with Crippen molar-refractivity contribution >= 4 is 23.3 Å². The van der Waals surface area contributed by atoms with Crippen LogP contribution in [0.15, 0.2) is 55.1 Å². The van der Waals surface area contributed by atoms with Gasteiger partial charge in [-0.25, -0.2) is 14.5 Å². The highest BCUT2D eigenvalue weighted by Crippen LogP contribution is 2.25. The van der Waals surface area contributed by atoms with Crippen LogP contribution in [0.1, 0.15) is 20.7 Å². The predicted octanol–water partition coefficient (Wildman–Crippen LogP) is 2.14. The van der Waals surface area contributed by atoms with E-state index in [-0.39, 0.29) is 5.91 Å². The molecule has 2 aromatic carbocycles. The highest BCUT2D eigenvalue weighted by Gasteiger charge is 2.19. The van der Waals surface area contributed by atoms with E-state index in [0.29, 0.717) is 30.0 Å². The lowest BCUT2D eigenvalue weighted by Crippen LogP contribution is -2.36. The van der Waals surface area contributed by atoms with Crippen molar-refractivity contribution in [3.8, 4) is 5.69 Å². The van der Waals surface area contributed by atoms with Crippen LogP contribution >= 0.6 is 0 Å². The number of rotatable bonds is 5. The molecule has 0 aliphatic carbocycles. The molecule has 0 bridgehead atoms. The van der Waals surface area contributed by atoms with Crippen LogP contribution in [0.25, 0.3) is 5.69 Å². The van der Waals surface area contributed by atoms with Gasteiger partial charge in [-0.3, -0.25) is 4.79 Å². The van der Waals surface area contributed by atoms with Gasteiger partial charge in [-0.15, -0.1) is 0 Å². The Labute approximate surface area is 173 Å². The fourth-order valence-corrected chi connectivity index (χ4v) is 3.24. The molecule has 3 aromatic rings. The number of amides is 1. The first-order valence-corrected chi connectivity index (χ1v) is 9.47. The molecule has 0 atom stereocenters. The van der Waals surface area contributed by atoms with Crippen LogP contribution in [0.4, 0.5) is 11.4 Å². The van der Waals surface area contributed by atoms with Crippen molar-refractivity contribution in [3.63, 3.8) is 0 Å². The van der Waals surface area contributed by atoms with Gasteiger partial charge in [0.2, 0.25) is 0 Å². The SMILES string of the molecule is COC(=O)c1cc(N2CCOCC2)ccc1NC(=O)c1ccc(-n2cncn2)cc1. The minimum absolute atomic E-state index is 0.300. The molecule has 154 valence electrons. The second kappa shape index (κ2) is 8.75. The molecule has 30 heavy (non-hydrogen) atoms. The number of esters is 1. The van der Waals surface area contributed by atoms with E-state index in [1.807, 2.05) is 6.07 Å². The van der Waals surface area contributed by atoms with Crippen molar-refractivity contribution < 1.29 is 19.1 Å². The number of nitrogens with zero attached hydrogens (tertiary/aromatic N) is 4. The van der Waals surface area contributed by atoms with E-state index < -0.39 is 5.97 Å². The lowest BCUT2D eigenvalue weighted by molar-refractivity contribution is 0.0602. The molecule has 0 unspecified atom stereocenters. The van der Waals surface area contributed by atoms with Crippen molar-refractivity contribution in [1.29, 1.82) is 0 Å². The summed E-state index contributed by atoms with van der Waals surface area (Å²) in [7, 11) is 1.32. The van der Waals surface area contributed by atoms with Crippen molar-refractivity contribution in [2.75, 3.05) is 43.6 Å². The van der Waals surface area contributed by atoms with E-state index in [1.165, 1.54) is 13.4 Å². The number of hydrogen-bond donors (Lipinski definition) is 1. The maximum atomic E-state index is 12.7. The fraction of sp³-hybridized carbons (Fsp3) is 0.238. The third kappa shape index (κ3) is 4.15. The molecule has 1 N–H and O–H groups in total. The maximum Gasteiger partial charge on any atom is 0.340 e. The highest BCUT2D eigenvalue weighted by atomic mass is 16.5. The molecule has 0 saturated carbocycles. The number of anilines is 2. The number of nitrogens with one attached hydrogen (secondary N) is 1. The molecule has 0 spiro atoms. The number of aromatic nitrogens is 3. The van der Waals surface area contributed by atoms with Gasteiger partial charge in [0.1, 0.15) is 12.7 Å². The van der Waals surface area contributed by atoms with Gasteiger partial charge in [0.05, 0.1) is 37.3 Å². The van der Waals surface area contributed by atoms with Gasteiger partial charge in [-0.2, -0.15) is 5.10 Å². The molecule has 1 fully saturated rings. The maximum absolute atomic E-state index is 12.7. The van der Waals surface area contributed by atoms with Gasteiger partial charge < -0.3 is 19.7 Å². The molecule has 1 aliphatic heterocycles. The number of morpholine rings is 1. The summed E-state index contributed by atoms with van der Waals surface area (Å²) in [5, 5.41) is 6.87. The van der Waals surface area contributed by atoms with Crippen molar-refractivity contribution in [2.45, 2.75) is 0 Å². The van der Waals surface area contributed by atoms with E-state index in [1.54, 1.807) is 47.4 Å². The average molecular weight is 407 g/mol. The fourth-order valence-electron chi connectivity index (χ4n) is 3.24. The van der Waals surface area contributed by atoms with Gasteiger partial charge in [0.25, 0.3) is 5.91 Å². The van der Waals surface area contributed by atoms with Crippen molar-refractivity contribution in [1.82, 2.24) is 14.8 Å². The Morgan fingerprint density at radius 2 is 1.80 bits per heavy atom. The zero-order chi connectivity index (χ0) is 20.9. The molecular weight excluding hydrogens is 386 g/mol. The monoisotopic (exact) mass is 407 g/mol. The van der Waals surface area contributed by atoms with Gasteiger partial charge in [0.15, 0.2) is 0 Å². The zero-order valence-corrected chi connectivity index (χ0v) is 16.4. The Kier molecular flexibility index (Phi) is 5.71. The largest absolute Gasteiger partial charge is 0.465 e. The molecule has 1 amide bonds. The van der Waals surface area contributed by atoms with E-state index >= 15 is 0 Å². The van der Waals surface area contributed by atoms with E-state index in [9.17, 15) is 9.59 Å². The Bertz CT molecular complexity index is 1030. The highest BCUT2D eigenvalue weighted by molar-refractivity contribution is 6.08. The van der Waals surface area contributed by atoms with Gasteiger partial charge in [-0.05, 0) is 42.5 Å².